The Morgan fingerprint density at radius 3 is 2.50 bits per heavy atom. The highest BCUT2D eigenvalue weighted by Crippen LogP contribution is 2.28. The first-order chi connectivity index (χ1) is 15.4. The van der Waals surface area contributed by atoms with Gasteiger partial charge in [-0.1, -0.05) is 52.5 Å². The molecule has 1 aliphatic carbocycles. The van der Waals surface area contributed by atoms with Gasteiger partial charge in [-0.3, -0.25) is 9.59 Å². The second kappa shape index (κ2) is 11.6. The number of amides is 2. The van der Waals surface area contributed by atoms with E-state index in [1.165, 1.54) is 0 Å². The SMILES string of the molecule is COc1ccc(CN(C(=O)COc2ccc(Br)cc2Cl)[C@@H](C)C(=O)NC2CCCC2)cc1. The largest absolute Gasteiger partial charge is 0.497 e. The third-order valence-electron chi connectivity index (χ3n) is 5.63. The molecule has 2 aromatic rings. The molecule has 1 atom stereocenters. The highest BCUT2D eigenvalue weighted by molar-refractivity contribution is 9.10. The van der Waals surface area contributed by atoms with Crippen molar-refractivity contribution in [3.05, 3.63) is 57.5 Å². The minimum atomic E-state index is -0.644. The quantitative estimate of drug-likeness (QED) is 0.504. The Labute approximate surface area is 202 Å². The smallest absolute Gasteiger partial charge is 0.261 e. The third-order valence-corrected chi connectivity index (χ3v) is 6.41. The maximum atomic E-state index is 13.1. The molecule has 32 heavy (non-hydrogen) atoms. The number of ether oxygens (including phenoxy) is 2. The van der Waals surface area contributed by atoms with Gasteiger partial charge in [-0.05, 0) is 55.7 Å². The number of carbonyl (C=O) groups excluding carboxylic acids is 2. The lowest BCUT2D eigenvalue weighted by molar-refractivity contribution is -0.142. The minimum absolute atomic E-state index is 0.152. The highest BCUT2D eigenvalue weighted by Gasteiger charge is 2.28. The summed E-state index contributed by atoms with van der Waals surface area (Å²) >= 11 is 9.55. The summed E-state index contributed by atoms with van der Waals surface area (Å²) in [5.41, 5.74) is 0.890. The van der Waals surface area contributed by atoms with Gasteiger partial charge < -0.3 is 19.7 Å². The van der Waals surface area contributed by atoms with Crippen molar-refractivity contribution in [2.45, 2.75) is 51.2 Å². The Bertz CT molecular complexity index is 932. The predicted octanol–water partition coefficient (Wildman–Crippen LogP) is 4.97. The number of halogens is 2. The van der Waals surface area contributed by atoms with Gasteiger partial charge in [0.05, 0.1) is 12.1 Å². The molecule has 172 valence electrons. The number of carbonyl (C=O) groups is 2. The van der Waals surface area contributed by atoms with Crippen molar-refractivity contribution in [3.63, 3.8) is 0 Å². The van der Waals surface area contributed by atoms with Crippen LogP contribution in [0, 0.1) is 0 Å². The van der Waals surface area contributed by atoms with Crippen LogP contribution >= 0.6 is 27.5 Å². The lowest BCUT2D eigenvalue weighted by Crippen LogP contribution is -2.50. The van der Waals surface area contributed by atoms with Crippen LogP contribution in [0.25, 0.3) is 0 Å². The summed E-state index contributed by atoms with van der Waals surface area (Å²) in [7, 11) is 1.60. The second-order valence-corrected chi connectivity index (χ2v) is 9.22. The first-order valence-corrected chi connectivity index (χ1v) is 11.8. The number of hydrogen-bond acceptors (Lipinski definition) is 4. The lowest BCUT2D eigenvalue weighted by Gasteiger charge is -2.29. The standard InChI is InChI=1S/C24H28BrClN2O4/c1-16(24(30)27-19-5-3-4-6-19)28(14-17-7-10-20(31-2)11-8-17)23(29)15-32-22-12-9-18(25)13-21(22)26/h7-13,16,19H,3-6,14-15H2,1-2H3,(H,27,30)/t16-/m0/s1. The van der Waals surface area contributed by atoms with E-state index in [4.69, 9.17) is 21.1 Å². The van der Waals surface area contributed by atoms with Gasteiger partial charge in [-0.15, -0.1) is 0 Å². The van der Waals surface area contributed by atoms with Crippen LogP contribution in [0.2, 0.25) is 5.02 Å². The summed E-state index contributed by atoms with van der Waals surface area (Å²) < 4.78 is 11.7. The Hall–Kier alpha value is -2.25. The maximum Gasteiger partial charge on any atom is 0.261 e. The van der Waals surface area contributed by atoms with Crippen molar-refractivity contribution in [2.24, 2.45) is 0 Å². The molecule has 0 heterocycles. The number of benzene rings is 2. The summed E-state index contributed by atoms with van der Waals surface area (Å²) in [6, 6.07) is 12.2. The summed E-state index contributed by atoms with van der Waals surface area (Å²) in [5, 5.41) is 3.49. The normalized spacial score (nSPS) is 14.6. The third kappa shape index (κ3) is 6.62. The van der Waals surface area contributed by atoms with E-state index in [9.17, 15) is 9.59 Å². The van der Waals surface area contributed by atoms with Crippen LogP contribution in [0.3, 0.4) is 0 Å². The number of hydrogen-bond donors (Lipinski definition) is 1. The topological polar surface area (TPSA) is 67.9 Å². The van der Waals surface area contributed by atoms with Gasteiger partial charge in [0.15, 0.2) is 6.61 Å². The van der Waals surface area contributed by atoms with E-state index in [-0.39, 0.29) is 31.0 Å². The van der Waals surface area contributed by atoms with Crippen molar-refractivity contribution < 1.29 is 19.1 Å². The molecule has 0 unspecified atom stereocenters. The van der Waals surface area contributed by atoms with Gasteiger partial charge in [0, 0.05) is 17.1 Å². The molecule has 1 aliphatic rings. The molecule has 2 amide bonds. The van der Waals surface area contributed by atoms with Crippen LogP contribution in [-0.4, -0.2) is 42.5 Å². The van der Waals surface area contributed by atoms with Crippen molar-refractivity contribution >= 4 is 39.3 Å². The summed E-state index contributed by atoms with van der Waals surface area (Å²) in [4.78, 5) is 27.6. The van der Waals surface area contributed by atoms with Crippen LogP contribution in [0.4, 0.5) is 0 Å². The van der Waals surface area contributed by atoms with E-state index < -0.39 is 6.04 Å². The highest BCUT2D eigenvalue weighted by atomic mass is 79.9. The molecule has 1 fully saturated rings. The fraction of sp³-hybridized carbons (Fsp3) is 0.417. The number of methoxy groups -OCH3 is 1. The lowest BCUT2D eigenvalue weighted by atomic mass is 10.1. The summed E-state index contributed by atoms with van der Waals surface area (Å²) in [6.45, 7) is 1.80. The molecule has 6 nitrogen and oxygen atoms in total. The molecule has 2 aromatic carbocycles. The van der Waals surface area contributed by atoms with Gasteiger partial charge in [0.1, 0.15) is 17.5 Å². The van der Waals surface area contributed by atoms with Crippen LogP contribution in [-0.2, 0) is 16.1 Å². The Morgan fingerprint density at radius 1 is 1.19 bits per heavy atom. The van der Waals surface area contributed by atoms with Crippen LogP contribution in [0.5, 0.6) is 11.5 Å². The van der Waals surface area contributed by atoms with Crippen LogP contribution in [0.15, 0.2) is 46.9 Å². The minimum Gasteiger partial charge on any atom is -0.497 e. The Kier molecular flexibility index (Phi) is 8.82. The molecular formula is C24H28BrClN2O4. The van der Waals surface area contributed by atoms with E-state index >= 15 is 0 Å². The van der Waals surface area contributed by atoms with Gasteiger partial charge in [-0.2, -0.15) is 0 Å². The number of nitrogens with one attached hydrogen (secondary N) is 1. The fourth-order valence-electron chi connectivity index (χ4n) is 3.72. The van der Waals surface area contributed by atoms with E-state index in [0.717, 1.165) is 41.5 Å². The van der Waals surface area contributed by atoms with Gasteiger partial charge >= 0.3 is 0 Å². The molecule has 1 N–H and O–H groups in total. The van der Waals surface area contributed by atoms with E-state index in [2.05, 4.69) is 21.2 Å². The van der Waals surface area contributed by atoms with Crippen LogP contribution in [0.1, 0.15) is 38.2 Å². The van der Waals surface area contributed by atoms with E-state index in [0.29, 0.717) is 10.8 Å². The first kappa shape index (κ1) is 24.4. The molecule has 0 saturated heterocycles. The fourth-order valence-corrected chi connectivity index (χ4v) is 4.44. The Morgan fingerprint density at radius 2 is 1.88 bits per heavy atom. The maximum absolute atomic E-state index is 13.1. The van der Waals surface area contributed by atoms with Gasteiger partial charge in [-0.25, -0.2) is 0 Å². The van der Waals surface area contributed by atoms with Crippen molar-refractivity contribution in [1.82, 2.24) is 10.2 Å². The number of rotatable bonds is 9. The zero-order valence-corrected chi connectivity index (χ0v) is 20.6. The van der Waals surface area contributed by atoms with Crippen LogP contribution < -0.4 is 14.8 Å². The van der Waals surface area contributed by atoms with Crippen molar-refractivity contribution in [3.8, 4) is 11.5 Å². The second-order valence-electron chi connectivity index (χ2n) is 7.90. The van der Waals surface area contributed by atoms with Crippen molar-refractivity contribution in [2.75, 3.05) is 13.7 Å². The molecule has 0 aromatic heterocycles. The average Bonchev–Trinajstić information content (AvgIpc) is 3.29. The first-order valence-electron chi connectivity index (χ1n) is 10.7. The zero-order chi connectivity index (χ0) is 23.1. The molecule has 0 aliphatic heterocycles. The van der Waals surface area contributed by atoms with Crippen molar-refractivity contribution in [1.29, 1.82) is 0 Å². The Balaban J connectivity index is 1.72. The van der Waals surface area contributed by atoms with E-state index in [1.807, 2.05) is 24.3 Å². The molecular weight excluding hydrogens is 496 g/mol. The molecule has 3 rings (SSSR count). The zero-order valence-electron chi connectivity index (χ0n) is 18.3. The summed E-state index contributed by atoms with van der Waals surface area (Å²) in [6.07, 6.45) is 4.21. The molecule has 0 bridgehead atoms. The molecule has 0 radical (unpaired) electrons. The average molecular weight is 524 g/mol. The molecule has 1 saturated carbocycles. The molecule has 8 heteroatoms. The molecule has 0 spiro atoms. The number of nitrogens with zero attached hydrogens (tertiary/aromatic N) is 1. The van der Waals surface area contributed by atoms with Gasteiger partial charge in [0.25, 0.3) is 5.91 Å². The van der Waals surface area contributed by atoms with E-state index in [1.54, 1.807) is 37.1 Å². The summed E-state index contributed by atoms with van der Waals surface area (Å²) in [5.74, 6) is 0.692. The monoisotopic (exact) mass is 522 g/mol. The van der Waals surface area contributed by atoms with Gasteiger partial charge in [0.2, 0.25) is 5.91 Å². The predicted molar refractivity (Wildman–Crippen MR) is 128 cm³/mol.